The predicted octanol–water partition coefficient (Wildman–Crippen LogP) is 2.13. The van der Waals surface area contributed by atoms with Gasteiger partial charge in [-0.25, -0.2) is 0 Å². The van der Waals surface area contributed by atoms with Gasteiger partial charge in [0.15, 0.2) is 0 Å². The number of morpholine rings is 1. The average Bonchev–Trinajstić information content (AvgIpc) is 2.38. The normalized spacial score (nSPS) is 23.9. The average molecular weight is 299 g/mol. The highest BCUT2D eigenvalue weighted by atomic mass is 35.5. The van der Waals surface area contributed by atoms with Crippen molar-refractivity contribution in [3.05, 3.63) is 35.9 Å². The van der Waals surface area contributed by atoms with Crippen LogP contribution in [0.1, 0.15) is 31.9 Å². The van der Waals surface area contributed by atoms with Gasteiger partial charge in [0, 0.05) is 25.6 Å². The first-order valence-electron chi connectivity index (χ1n) is 6.80. The molecular weight excluding hydrogens is 276 g/mol. The van der Waals surface area contributed by atoms with E-state index in [-0.39, 0.29) is 36.6 Å². The third-order valence-electron chi connectivity index (χ3n) is 3.39. The molecule has 2 rings (SSSR count). The first-order valence-corrected chi connectivity index (χ1v) is 6.80. The Bertz CT molecular complexity index is 417. The van der Waals surface area contributed by atoms with Crippen LogP contribution in [0.2, 0.25) is 0 Å². The Morgan fingerprint density at radius 2 is 1.85 bits per heavy atom. The number of carbonyl (C=O) groups excluding carboxylic acids is 1. The van der Waals surface area contributed by atoms with Crippen molar-refractivity contribution in [3.63, 3.8) is 0 Å². The Balaban J connectivity index is 0.00000200. The van der Waals surface area contributed by atoms with Crippen LogP contribution >= 0.6 is 12.4 Å². The summed E-state index contributed by atoms with van der Waals surface area (Å²) in [6.45, 7) is 5.30. The molecule has 1 heterocycles. The van der Waals surface area contributed by atoms with Gasteiger partial charge in [-0.3, -0.25) is 4.79 Å². The minimum absolute atomic E-state index is 0. The van der Waals surface area contributed by atoms with Crippen LogP contribution < -0.4 is 5.73 Å². The number of hydrogen-bond acceptors (Lipinski definition) is 3. The Hall–Kier alpha value is -1.10. The first kappa shape index (κ1) is 17.0. The van der Waals surface area contributed by atoms with Crippen molar-refractivity contribution in [2.24, 2.45) is 5.73 Å². The second kappa shape index (κ2) is 7.62. The highest BCUT2D eigenvalue weighted by molar-refractivity contribution is 5.85. The largest absolute Gasteiger partial charge is 0.372 e. The summed E-state index contributed by atoms with van der Waals surface area (Å²) < 4.78 is 5.63. The number of amides is 1. The smallest absolute Gasteiger partial charge is 0.224 e. The molecule has 1 aromatic carbocycles. The van der Waals surface area contributed by atoms with E-state index < -0.39 is 0 Å². The molecule has 0 spiro atoms. The van der Waals surface area contributed by atoms with Gasteiger partial charge in [-0.05, 0) is 19.4 Å². The summed E-state index contributed by atoms with van der Waals surface area (Å²) in [5.41, 5.74) is 7.10. The summed E-state index contributed by atoms with van der Waals surface area (Å²) in [6, 6.07) is 9.52. The third-order valence-corrected chi connectivity index (χ3v) is 3.39. The molecule has 2 N–H and O–H groups in total. The van der Waals surface area contributed by atoms with Gasteiger partial charge in [-0.1, -0.05) is 30.3 Å². The van der Waals surface area contributed by atoms with Crippen LogP contribution in [0.4, 0.5) is 0 Å². The van der Waals surface area contributed by atoms with Gasteiger partial charge >= 0.3 is 0 Å². The van der Waals surface area contributed by atoms with Gasteiger partial charge in [-0.15, -0.1) is 12.4 Å². The number of rotatable bonds is 3. The number of benzene rings is 1. The molecule has 1 aromatic rings. The predicted molar refractivity (Wildman–Crippen MR) is 81.8 cm³/mol. The molecule has 1 aliphatic heterocycles. The Kier molecular flexibility index (Phi) is 6.46. The van der Waals surface area contributed by atoms with Crippen molar-refractivity contribution < 1.29 is 9.53 Å². The lowest BCUT2D eigenvalue weighted by molar-refractivity contribution is -0.143. The van der Waals surface area contributed by atoms with Gasteiger partial charge < -0.3 is 15.4 Å². The fourth-order valence-corrected chi connectivity index (χ4v) is 2.52. The maximum Gasteiger partial charge on any atom is 0.224 e. The van der Waals surface area contributed by atoms with Crippen molar-refractivity contribution in [3.8, 4) is 0 Å². The standard InChI is InChI=1S/C15H22N2O2.ClH/c1-11-9-17(10-12(2)19-11)15(18)8-14(16)13-6-4-3-5-7-13;/h3-7,11-12,14H,8-10,16H2,1-2H3;1H/t11-,12+,14?;. The molecule has 20 heavy (non-hydrogen) atoms. The maximum atomic E-state index is 12.3. The highest BCUT2D eigenvalue weighted by Gasteiger charge is 2.26. The zero-order chi connectivity index (χ0) is 13.8. The number of carbonyl (C=O) groups is 1. The van der Waals surface area contributed by atoms with Crippen LogP contribution in [0.3, 0.4) is 0 Å². The molecule has 1 fully saturated rings. The SMILES string of the molecule is C[C@@H]1CN(C(=O)CC(N)c2ccccc2)C[C@H](C)O1.Cl. The lowest BCUT2D eigenvalue weighted by atomic mass is 10.0. The number of ether oxygens (including phenoxy) is 1. The summed E-state index contributed by atoms with van der Waals surface area (Å²) in [7, 11) is 0. The van der Waals surface area contributed by atoms with Gasteiger partial charge in [-0.2, -0.15) is 0 Å². The zero-order valence-electron chi connectivity index (χ0n) is 12.0. The van der Waals surface area contributed by atoms with Crippen molar-refractivity contribution in [2.45, 2.75) is 38.5 Å². The van der Waals surface area contributed by atoms with Crippen molar-refractivity contribution in [2.75, 3.05) is 13.1 Å². The van der Waals surface area contributed by atoms with E-state index >= 15 is 0 Å². The monoisotopic (exact) mass is 298 g/mol. The molecule has 4 nitrogen and oxygen atoms in total. The molecule has 3 atom stereocenters. The molecule has 5 heteroatoms. The van der Waals surface area contributed by atoms with E-state index in [1.54, 1.807) is 0 Å². The van der Waals surface area contributed by atoms with Crippen molar-refractivity contribution in [1.29, 1.82) is 0 Å². The van der Waals surface area contributed by atoms with E-state index in [9.17, 15) is 4.79 Å². The van der Waals surface area contributed by atoms with Crippen LogP contribution in [-0.2, 0) is 9.53 Å². The second-order valence-electron chi connectivity index (χ2n) is 5.28. The summed E-state index contributed by atoms with van der Waals surface area (Å²) in [6.07, 6.45) is 0.546. The molecule has 1 saturated heterocycles. The van der Waals surface area contributed by atoms with E-state index in [0.717, 1.165) is 5.56 Å². The van der Waals surface area contributed by atoms with Gasteiger partial charge in [0.2, 0.25) is 5.91 Å². The lowest BCUT2D eigenvalue weighted by Gasteiger charge is -2.35. The fraction of sp³-hybridized carbons (Fsp3) is 0.533. The number of nitrogens with two attached hydrogens (primary N) is 1. The molecule has 112 valence electrons. The van der Waals surface area contributed by atoms with Gasteiger partial charge in [0.05, 0.1) is 12.2 Å². The maximum absolute atomic E-state index is 12.3. The zero-order valence-corrected chi connectivity index (χ0v) is 12.8. The van der Waals surface area contributed by atoms with E-state index in [4.69, 9.17) is 10.5 Å². The van der Waals surface area contributed by atoms with E-state index in [0.29, 0.717) is 19.5 Å². The Morgan fingerprint density at radius 1 is 1.30 bits per heavy atom. The van der Waals surface area contributed by atoms with E-state index in [1.807, 2.05) is 49.1 Å². The number of nitrogens with zero attached hydrogens (tertiary/aromatic N) is 1. The lowest BCUT2D eigenvalue weighted by Crippen LogP contribution is -2.48. The number of halogens is 1. The van der Waals surface area contributed by atoms with E-state index in [1.165, 1.54) is 0 Å². The summed E-state index contributed by atoms with van der Waals surface area (Å²) in [4.78, 5) is 14.1. The summed E-state index contributed by atoms with van der Waals surface area (Å²) >= 11 is 0. The molecule has 0 radical (unpaired) electrons. The molecule has 0 saturated carbocycles. The molecular formula is C15H23ClN2O2. The minimum atomic E-state index is -0.234. The molecule has 0 aromatic heterocycles. The topological polar surface area (TPSA) is 55.6 Å². The Morgan fingerprint density at radius 3 is 2.40 bits per heavy atom. The van der Waals surface area contributed by atoms with Crippen LogP contribution in [0.15, 0.2) is 30.3 Å². The quantitative estimate of drug-likeness (QED) is 0.930. The van der Waals surface area contributed by atoms with Crippen LogP contribution in [0.25, 0.3) is 0 Å². The van der Waals surface area contributed by atoms with Crippen molar-refractivity contribution >= 4 is 18.3 Å². The van der Waals surface area contributed by atoms with Gasteiger partial charge in [0.1, 0.15) is 0 Å². The van der Waals surface area contributed by atoms with Gasteiger partial charge in [0.25, 0.3) is 0 Å². The third kappa shape index (κ3) is 4.47. The minimum Gasteiger partial charge on any atom is -0.372 e. The first-order chi connectivity index (χ1) is 9.06. The molecule has 0 aliphatic carbocycles. The van der Waals surface area contributed by atoms with Crippen LogP contribution in [0, 0.1) is 0 Å². The van der Waals surface area contributed by atoms with E-state index in [2.05, 4.69) is 0 Å². The molecule has 1 amide bonds. The fourth-order valence-electron chi connectivity index (χ4n) is 2.52. The molecule has 0 bridgehead atoms. The molecule has 1 unspecified atom stereocenters. The summed E-state index contributed by atoms with van der Waals surface area (Å²) in [5, 5.41) is 0. The second-order valence-corrected chi connectivity index (χ2v) is 5.28. The molecule has 1 aliphatic rings. The van der Waals surface area contributed by atoms with Crippen molar-refractivity contribution in [1.82, 2.24) is 4.90 Å². The number of hydrogen-bond donors (Lipinski definition) is 1. The van der Waals surface area contributed by atoms with Crippen LogP contribution in [0.5, 0.6) is 0 Å². The highest BCUT2D eigenvalue weighted by Crippen LogP contribution is 2.17. The van der Waals surface area contributed by atoms with Crippen LogP contribution in [-0.4, -0.2) is 36.1 Å². The Labute approximate surface area is 126 Å². The summed E-state index contributed by atoms with van der Waals surface area (Å²) in [5.74, 6) is 0.110.